The lowest BCUT2D eigenvalue weighted by atomic mass is 10.0. The van der Waals surface area contributed by atoms with Crippen LogP contribution in [0.15, 0.2) is 33.6 Å². The van der Waals surface area contributed by atoms with Gasteiger partial charge in [0.05, 0.1) is 0 Å². The Balaban J connectivity index is 2.48. The fourth-order valence-corrected chi connectivity index (χ4v) is 3.10. The van der Waals surface area contributed by atoms with Gasteiger partial charge in [-0.15, -0.1) is 11.8 Å². The molecular weight excluding hydrogens is 294 g/mol. The summed E-state index contributed by atoms with van der Waals surface area (Å²) < 4.78 is 1.15. The third kappa shape index (κ3) is 5.45. The quantitative estimate of drug-likeness (QED) is 0.740. The molecule has 1 nitrogen and oxygen atoms in total. The molecule has 0 spiro atoms. The predicted octanol–water partition coefficient (Wildman–Crippen LogP) is 4.57. The summed E-state index contributed by atoms with van der Waals surface area (Å²) in [4.78, 5) is 1.35. The maximum Gasteiger partial charge on any atom is 0.0187 e. The lowest BCUT2D eigenvalue weighted by molar-refractivity contribution is 0.404. The average molecular weight is 316 g/mol. The van der Waals surface area contributed by atoms with Crippen molar-refractivity contribution >= 4 is 27.7 Å². The van der Waals surface area contributed by atoms with Crippen LogP contribution in [0.25, 0.3) is 0 Å². The number of rotatable bonds is 7. The normalized spacial score (nSPS) is 14.6. The largest absolute Gasteiger partial charge is 0.313 e. The third-order valence-electron chi connectivity index (χ3n) is 3.04. The predicted molar refractivity (Wildman–Crippen MR) is 81.8 cm³/mol. The lowest BCUT2D eigenvalue weighted by Crippen LogP contribution is -2.36. The van der Waals surface area contributed by atoms with Crippen LogP contribution in [0.2, 0.25) is 0 Å². The van der Waals surface area contributed by atoms with Gasteiger partial charge in [-0.2, -0.15) is 0 Å². The molecule has 0 amide bonds. The molecule has 3 heteroatoms. The van der Waals surface area contributed by atoms with Crippen molar-refractivity contribution in [2.45, 2.75) is 38.1 Å². The lowest BCUT2D eigenvalue weighted by Gasteiger charge is -2.23. The first-order valence-corrected chi connectivity index (χ1v) is 8.07. The molecule has 1 aromatic rings. The van der Waals surface area contributed by atoms with Crippen LogP contribution in [0.4, 0.5) is 0 Å². The Morgan fingerprint density at radius 2 is 1.88 bits per heavy atom. The number of nitrogens with one attached hydrogen (secondary N) is 1. The molecule has 0 aliphatic heterocycles. The van der Waals surface area contributed by atoms with E-state index in [-0.39, 0.29) is 0 Å². The van der Waals surface area contributed by atoms with Crippen molar-refractivity contribution in [3.63, 3.8) is 0 Å². The van der Waals surface area contributed by atoms with E-state index in [0.717, 1.165) is 22.7 Å². The Hall–Kier alpha value is 0.01000. The van der Waals surface area contributed by atoms with Crippen molar-refractivity contribution in [2.75, 3.05) is 12.3 Å². The second kappa shape index (κ2) is 8.17. The van der Waals surface area contributed by atoms with Crippen LogP contribution in [0.5, 0.6) is 0 Å². The summed E-state index contributed by atoms with van der Waals surface area (Å²) in [5.41, 5.74) is 0. The van der Waals surface area contributed by atoms with Crippen molar-refractivity contribution in [2.24, 2.45) is 5.92 Å². The molecular formula is C14H22BrNS. The van der Waals surface area contributed by atoms with Gasteiger partial charge in [0.1, 0.15) is 0 Å². The number of benzene rings is 1. The van der Waals surface area contributed by atoms with E-state index >= 15 is 0 Å². The highest BCUT2D eigenvalue weighted by atomic mass is 79.9. The van der Waals surface area contributed by atoms with Crippen LogP contribution in [0.3, 0.4) is 0 Å². The molecule has 1 rings (SSSR count). The van der Waals surface area contributed by atoms with Crippen LogP contribution < -0.4 is 5.32 Å². The molecule has 0 radical (unpaired) electrons. The van der Waals surface area contributed by atoms with Crippen molar-refractivity contribution in [1.82, 2.24) is 5.32 Å². The molecule has 96 valence electrons. The zero-order chi connectivity index (χ0) is 12.7. The highest BCUT2D eigenvalue weighted by Gasteiger charge is 2.14. The summed E-state index contributed by atoms with van der Waals surface area (Å²) in [5, 5.41) is 3.58. The summed E-state index contributed by atoms with van der Waals surface area (Å²) in [5.74, 6) is 1.88. The van der Waals surface area contributed by atoms with Crippen LogP contribution in [0.1, 0.15) is 27.2 Å². The van der Waals surface area contributed by atoms with E-state index in [4.69, 9.17) is 0 Å². The van der Waals surface area contributed by atoms with Crippen LogP contribution >= 0.6 is 27.7 Å². The van der Waals surface area contributed by atoms with Crippen molar-refractivity contribution in [3.05, 3.63) is 28.7 Å². The summed E-state index contributed by atoms with van der Waals surface area (Å²) in [6, 6.07) is 9.17. The summed E-state index contributed by atoms with van der Waals surface area (Å²) in [7, 11) is 0. The van der Waals surface area contributed by atoms with Crippen molar-refractivity contribution in [3.8, 4) is 0 Å². The Bertz CT molecular complexity index is 313. The van der Waals surface area contributed by atoms with Crippen molar-refractivity contribution in [1.29, 1.82) is 0 Å². The smallest absolute Gasteiger partial charge is 0.0187 e. The Labute approximate surface area is 118 Å². The van der Waals surface area contributed by atoms with E-state index in [1.807, 2.05) is 11.8 Å². The van der Waals surface area contributed by atoms with Gasteiger partial charge < -0.3 is 5.32 Å². The highest BCUT2D eigenvalue weighted by Crippen LogP contribution is 2.23. The van der Waals surface area contributed by atoms with E-state index in [1.54, 1.807) is 0 Å². The zero-order valence-electron chi connectivity index (χ0n) is 10.9. The Kier molecular flexibility index (Phi) is 7.24. The molecule has 0 aliphatic rings. The fourth-order valence-electron chi connectivity index (χ4n) is 1.69. The van der Waals surface area contributed by atoms with E-state index < -0.39 is 0 Å². The zero-order valence-corrected chi connectivity index (χ0v) is 13.3. The van der Waals surface area contributed by atoms with Crippen LogP contribution in [-0.4, -0.2) is 18.3 Å². The van der Waals surface area contributed by atoms with E-state index in [1.165, 1.54) is 11.3 Å². The SMILES string of the molecule is CCNC(CSc1ccc(Br)cc1)C(C)CC. The van der Waals surface area contributed by atoms with Gasteiger partial charge in [0.25, 0.3) is 0 Å². The van der Waals surface area contributed by atoms with Crippen LogP contribution in [-0.2, 0) is 0 Å². The minimum atomic E-state index is 0.610. The minimum absolute atomic E-state index is 0.610. The maximum atomic E-state index is 3.58. The average Bonchev–Trinajstić information content (AvgIpc) is 2.35. The van der Waals surface area contributed by atoms with Gasteiger partial charge in [-0.25, -0.2) is 0 Å². The summed E-state index contributed by atoms with van der Waals surface area (Å²) in [6.07, 6.45) is 1.23. The third-order valence-corrected chi connectivity index (χ3v) is 4.70. The van der Waals surface area contributed by atoms with Crippen molar-refractivity contribution < 1.29 is 0 Å². The first kappa shape index (κ1) is 15.1. The number of hydrogen-bond donors (Lipinski definition) is 1. The number of thioether (sulfide) groups is 1. The number of halogens is 1. The fraction of sp³-hybridized carbons (Fsp3) is 0.571. The molecule has 0 saturated heterocycles. The molecule has 1 N–H and O–H groups in total. The Morgan fingerprint density at radius 3 is 2.41 bits per heavy atom. The molecule has 0 bridgehead atoms. The van der Waals surface area contributed by atoms with Crippen LogP contribution in [0, 0.1) is 5.92 Å². The van der Waals surface area contributed by atoms with E-state index in [9.17, 15) is 0 Å². The minimum Gasteiger partial charge on any atom is -0.313 e. The van der Waals surface area contributed by atoms with Gasteiger partial charge in [0.2, 0.25) is 0 Å². The molecule has 1 aromatic carbocycles. The standard InChI is InChI=1S/C14H22BrNS/c1-4-11(3)14(16-5-2)10-17-13-8-6-12(15)7-9-13/h6-9,11,14,16H,4-5,10H2,1-3H3. The van der Waals surface area contributed by atoms with E-state index in [2.05, 4.69) is 66.3 Å². The summed E-state index contributed by atoms with van der Waals surface area (Å²) in [6.45, 7) is 7.82. The maximum absolute atomic E-state index is 3.58. The molecule has 0 saturated carbocycles. The Morgan fingerprint density at radius 1 is 1.24 bits per heavy atom. The van der Waals surface area contributed by atoms with Gasteiger partial charge in [-0.3, -0.25) is 0 Å². The first-order chi connectivity index (χ1) is 8.17. The molecule has 17 heavy (non-hydrogen) atoms. The topological polar surface area (TPSA) is 12.0 Å². The summed E-state index contributed by atoms with van der Waals surface area (Å²) >= 11 is 5.40. The van der Waals surface area contributed by atoms with Gasteiger partial charge in [-0.1, -0.05) is 43.1 Å². The van der Waals surface area contributed by atoms with Gasteiger partial charge >= 0.3 is 0 Å². The molecule has 0 aromatic heterocycles. The molecule has 0 fully saturated rings. The first-order valence-electron chi connectivity index (χ1n) is 6.29. The molecule has 0 aliphatic carbocycles. The van der Waals surface area contributed by atoms with E-state index in [0.29, 0.717) is 6.04 Å². The molecule has 2 atom stereocenters. The monoisotopic (exact) mass is 315 g/mol. The highest BCUT2D eigenvalue weighted by molar-refractivity contribution is 9.10. The molecule has 2 unspecified atom stereocenters. The number of hydrogen-bond acceptors (Lipinski definition) is 2. The van der Waals surface area contributed by atoms with Gasteiger partial charge in [0.15, 0.2) is 0 Å². The van der Waals surface area contributed by atoms with Gasteiger partial charge in [-0.05, 0) is 36.7 Å². The second-order valence-corrected chi connectivity index (χ2v) is 6.32. The second-order valence-electron chi connectivity index (χ2n) is 4.31. The molecule has 0 heterocycles. The van der Waals surface area contributed by atoms with Gasteiger partial charge in [0, 0.05) is 21.2 Å².